The zero-order valence-corrected chi connectivity index (χ0v) is 11.3. The molecule has 1 saturated carbocycles. The first-order chi connectivity index (χ1) is 7.84. The number of aliphatic hydroxyl groups is 1. The lowest BCUT2D eigenvalue weighted by Crippen LogP contribution is -2.44. The van der Waals surface area contributed by atoms with Crippen LogP contribution in [0.5, 0.6) is 0 Å². The number of hydrogen-bond donors (Lipinski definition) is 2. The summed E-state index contributed by atoms with van der Waals surface area (Å²) in [5.41, 5.74) is 5.23. The Morgan fingerprint density at radius 3 is 2.41 bits per heavy atom. The Bertz CT molecular complexity index is 260. The van der Waals surface area contributed by atoms with Gasteiger partial charge >= 0.3 is 0 Å². The quantitative estimate of drug-likeness (QED) is 0.759. The van der Waals surface area contributed by atoms with Gasteiger partial charge in [-0.3, -0.25) is 4.79 Å². The summed E-state index contributed by atoms with van der Waals surface area (Å²) in [5.74, 6) is 0.341. The minimum atomic E-state index is -0.660. The molecule has 1 aliphatic rings. The van der Waals surface area contributed by atoms with E-state index >= 15 is 0 Å². The van der Waals surface area contributed by atoms with Gasteiger partial charge in [0, 0.05) is 26.1 Å². The number of nitrogens with zero attached hydrogens (tertiary/aromatic N) is 1. The molecule has 3 N–H and O–H groups in total. The van der Waals surface area contributed by atoms with Crippen LogP contribution in [0, 0.1) is 5.92 Å². The topological polar surface area (TPSA) is 66.6 Å². The van der Waals surface area contributed by atoms with E-state index < -0.39 is 5.60 Å². The molecule has 0 aromatic heterocycles. The fourth-order valence-corrected chi connectivity index (χ4v) is 2.31. The lowest BCUT2D eigenvalue weighted by molar-refractivity contribution is -0.133. The van der Waals surface area contributed by atoms with Gasteiger partial charge in [-0.25, -0.2) is 0 Å². The summed E-state index contributed by atoms with van der Waals surface area (Å²) in [6, 6.07) is -0.0943. The molecule has 1 amide bonds. The number of hydrogen-bond acceptors (Lipinski definition) is 3. The predicted octanol–water partition coefficient (Wildman–Crippen LogP) is 1.12. The molecule has 4 heteroatoms. The molecule has 0 aliphatic heterocycles. The second kappa shape index (κ2) is 5.83. The lowest BCUT2D eigenvalue weighted by atomic mass is 9.99. The monoisotopic (exact) mass is 242 g/mol. The highest BCUT2D eigenvalue weighted by molar-refractivity contribution is 5.76. The van der Waals surface area contributed by atoms with Crippen LogP contribution in [0.1, 0.15) is 46.0 Å². The molecule has 4 nitrogen and oxygen atoms in total. The van der Waals surface area contributed by atoms with Crippen LogP contribution in [0.2, 0.25) is 0 Å². The number of nitrogens with two attached hydrogens (primary N) is 1. The average Bonchev–Trinajstić information content (AvgIpc) is 2.64. The van der Waals surface area contributed by atoms with Gasteiger partial charge in [0.05, 0.1) is 5.60 Å². The largest absolute Gasteiger partial charge is 0.388 e. The lowest BCUT2D eigenvalue weighted by Gasteiger charge is -2.29. The first-order valence-corrected chi connectivity index (χ1v) is 6.56. The maximum Gasteiger partial charge on any atom is 0.223 e. The molecular formula is C13H26N2O2. The normalized spacial score (nSPS) is 20.6. The highest BCUT2D eigenvalue weighted by Gasteiger charge is 2.33. The van der Waals surface area contributed by atoms with Crippen molar-refractivity contribution in [3.05, 3.63) is 0 Å². The van der Waals surface area contributed by atoms with Gasteiger partial charge in [0.1, 0.15) is 0 Å². The number of carbonyl (C=O) groups excluding carboxylic acids is 1. The Morgan fingerprint density at radius 2 is 1.94 bits per heavy atom. The van der Waals surface area contributed by atoms with Crippen molar-refractivity contribution >= 4 is 5.91 Å². The standard InChI is InChI=1S/C13H26N2O2/c1-10(2)11(14)8-12(16)15(3)9-13(17)6-4-5-7-13/h10-11,17H,4-9,14H2,1-3H3. The maximum absolute atomic E-state index is 11.9. The van der Waals surface area contributed by atoms with Crippen LogP contribution >= 0.6 is 0 Å². The van der Waals surface area contributed by atoms with Crippen molar-refractivity contribution in [2.45, 2.75) is 57.6 Å². The third-order valence-corrected chi connectivity index (χ3v) is 3.76. The summed E-state index contributed by atoms with van der Waals surface area (Å²) in [6.07, 6.45) is 4.10. The van der Waals surface area contributed by atoms with E-state index in [2.05, 4.69) is 0 Å². The number of rotatable bonds is 5. The first kappa shape index (κ1) is 14.5. The third-order valence-electron chi connectivity index (χ3n) is 3.76. The van der Waals surface area contributed by atoms with Gasteiger partial charge in [-0.05, 0) is 18.8 Å². The van der Waals surface area contributed by atoms with Crippen LogP contribution in [0.4, 0.5) is 0 Å². The van der Waals surface area contributed by atoms with Gasteiger partial charge < -0.3 is 15.7 Å². The van der Waals surface area contributed by atoms with Gasteiger partial charge in [-0.2, -0.15) is 0 Å². The molecule has 0 heterocycles. The van der Waals surface area contributed by atoms with Crippen molar-refractivity contribution in [2.24, 2.45) is 11.7 Å². The van der Waals surface area contributed by atoms with Gasteiger partial charge in [-0.15, -0.1) is 0 Å². The molecule has 17 heavy (non-hydrogen) atoms. The molecule has 0 saturated heterocycles. The van der Waals surface area contributed by atoms with E-state index in [4.69, 9.17) is 5.73 Å². The smallest absolute Gasteiger partial charge is 0.223 e. The molecule has 0 spiro atoms. The molecule has 1 unspecified atom stereocenters. The Kier molecular flexibility index (Phi) is 4.95. The van der Waals surface area contributed by atoms with Crippen LogP contribution < -0.4 is 5.73 Å². The van der Waals surface area contributed by atoms with E-state index in [1.807, 2.05) is 13.8 Å². The van der Waals surface area contributed by atoms with E-state index in [0.29, 0.717) is 18.9 Å². The minimum absolute atomic E-state index is 0.0338. The summed E-state index contributed by atoms with van der Waals surface area (Å²) in [7, 11) is 1.76. The SMILES string of the molecule is CC(C)C(N)CC(=O)N(C)CC1(O)CCCC1. The Morgan fingerprint density at radius 1 is 1.41 bits per heavy atom. The van der Waals surface area contributed by atoms with Crippen molar-refractivity contribution in [3.63, 3.8) is 0 Å². The van der Waals surface area contributed by atoms with E-state index in [1.54, 1.807) is 11.9 Å². The molecule has 1 aliphatic carbocycles. The van der Waals surface area contributed by atoms with Crippen molar-refractivity contribution in [2.75, 3.05) is 13.6 Å². The van der Waals surface area contributed by atoms with Crippen molar-refractivity contribution in [1.82, 2.24) is 4.90 Å². The molecule has 0 bridgehead atoms. The van der Waals surface area contributed by atoms with Crippen LogP contribution in [0.3, 0.4) is 0 Å². The molecule has 100 valence electrons. The van der Waals surface area contributed by atoms with E-state index in [0.717, 1.165) is 25.7 Å². The minimum Gasteiger partial charge on any atom is -0.388 e. The van der Waals surface area contributed by atoms with Crippen LogP contribution in [-0.2, 0) is 4.79 Å². The highest BCUT2D eigenvalue weighted by Crippen LogP contribution is 2.30. The summed E-state index contributed by atoms with van der Waals surface area (Å²) >= 11 is 0. The zero-order chi connectivity index (χ0) is 13.1. The van der Waals surface area contributed by atoms with Crippen molar-refractivity contribution in [1.29, 1.82) is 0 Å². The Labute approximate surface area is 104 Å². The first-order valence-electron chi connectivity index (χ1n) is 6.56. The van der Waals surface area contributed by atoms with Gasteiger partial charge in [0.25, 0.3) is 0 Å². The average molecular weight is 242 g/mol. The Balaban J connectivity index is 2.41. The van der Waals surface area contributed by atoms with E-state index in [-0.39, 0.29) is 11.9 Å². The molecule has 1 atom stereocenters. The van der Waals surface area contributed by atoms with Gasteiger partial charge in [-0.1, -0.05) is 26.7 Å². The number of likely N-dealkylation sites (N-methyl/N-ethyl adjacent to an activating group) is 1. The van der Waals surface area contributed by atoms with Crippen molar-refractivity contribution < 1.29 is 9.90 Å². The fourth-order valence-electron chi connectivity index (χ4n) is 2.31. The number of carbonyl (C=O) groups is 1. The van der Waals surface area contributed by atoms with Crippen LogP contribution in [0.15, 0.2) is 0 Å². The summed E-state index contributed by atoms with van der Waals surface area (Å²) in [4.78, 5) is 13.6. The highest BCUT2D eigenvalue weighted by atomic mass is 16.3. The fraction of sp³-hybridized carbons (Fsp3) is 0.923. The van der Waals surface area contributed by atoms with E-state index in [1.165, 1.54) is 0 Å². The number of amides is 1. The predicted molar refractivity (Wildman–Crippen MR) is 68.5 cm³/mol. The summed E-state index contributed by atoms with van der Waals surface area (Å²) < 4.78 is 0. The maximum atomic E-state index is 11.9. The molecule has 0 radical (unpaired) electrons. The van der Waals surface area contributed by atoms with Crippen LogP contribution in [0.25, 0.3) is 0 Å². The van der Waals surface area contributed by atoms with Gasteiger partial charge in [0.2, 0.25) is 5.91 Å². The Hall–Kier alpha value is -0.610. The van der Waals surface area contributed by atoms with Gasteiger partial charge in [0.15, 0.2) is 0 Å². The zero-order valence-electron chi connectivity index (χ0n) is 11.3. The summed E-state index contributed by atoms with van der Waals surface area (Å²) in [5, 5.41) is 10.2. The molecular weight excluding hydrogens is 216 g/mol. The molecule has 0 aromatic carbocycles. The third kappa shape index (κ3) is 4.28. The summed E-state index contributed by atoms with van der Waals surface area (Å²) in [6.45, 7) is 4.47. The van der Waals surface area contributed by atoms with Crippen molar-refractivity contribution in [3.8, 4) is 0 Å². The second-order valence-corrected chi connectivity index (χ2v) is 5.79. The molecule has 0 aromatic rings. The second-order valence-electron chi connectivity index (χ2n) is 5.79. The molecule has 1 rings (SSSR count). The van der Waals surface area contributed by atoms with Crippen LogP contribution in [-0.4, -0.2) is 41.1 Å². The molecule has 1 fully saturated rings. The van der Waals surface area contributed by atoms with E-state index in [9.17, 15) is 9.90 Å².